The first-order valence-electron chi connectivity index (χ1n) is 7.62. The van der Waals surface area contributed by atoms with Crippen molar-refractivity contribution in [1.82, 2.24) is 15.2 Å². The topological polar surface area (TPSA) is 58.6 Å². The molecule has 24 heavy (non-hydrogen) atoms. The lowest BCUT2D eigenvalue weighted by atomic mass is 10.1. The number of halogens is 1. The molecular weight excluding hydrogens is 325 g/mol. The second kappa shape index (κ2) is 7.88. The highest BCUT2D eigenvalue weighted by Gasteiger charge is 2.08. The summed E-state index contributed by atoms with van der Waals surface area (Å²) in [5.74, 6) is 1.18. The maximum absolute atomic E-state index is 12.8. The summed E-state index contributed by atoms with van der Waals surface area (Å²) < 4.78 is 12.8. The van der Waals surface area contributed by atoms with Gasteiger partial charge in [-0.3, -0.25) is 9.89 Å². The molecular formula is C18H16FN3OS. The lowest BCUT2D eigenvalue weighted by molar-refractivity contribution is 0.0982. The Morgan fingerprint density at radius 2 is 1.83 bits per heavy atom. The summed E-state index contributed by atoms with van der Waals surface area (Å²) in [5.41, 5.74) is 1.54. The molecule has 0 aliphatic carbocycles. The molecule has 1 N–H and O–H groups in total. The first-order valence-corrected chi connectivity index (χ1v) is 8.60. The summed E-state index contributed by atoms with van der Waals surface area (Å²) in [4.78, 5) is 16.4. The van der Waals surface area contributed by atoms with Crippen LogP contribution in [0.15, 0.2) is 59.8 Å². The van der Waals surface area contributed by atoms with Crippen molar-refractivity contribution in [3.05, 3.63) is 66.0 Å². The summed E-state index contributed by atoms with van der Waals surface area (Å²) in [7, 11) is 0. The average Bonchev–Trinajstić information content (AvgIpc) is 3.09. The van der Waals surface area contributed by atoms with Gasteiger partial charge in [0.1, 0.15) is 5.82 Å². The number of nitrogens with zero attached hydrogens (tertiary/aromatic N) is 2. The molecule has 0 spiro atoms. The SMILES string of the molecule is O=C(CCCSc1n[nH]c(-c2ccccc2)n1)c1ccc(F)cc1. The summed E-state index contributed by atoms with van der Waals surface area (Å²) in [6.45, 7) is 0. The molecule has 0 atom stereocenters. The largest absolute Gasteiger partial charge is 0.294 e. The molecule has 0 saturated carbocycles. The summed E-state index contributed by atoms with van der Waals surface area (Å²) in [6, 6.07) is 15.4. The van der Waals surface area contributed by atoms with E-state index in [0.29, 0.717) is 17.1 Å². The van der Waals surface area contributed by atoms with E-state index in [0.717, 1.165) is 23.6 Å². The van der Waals surface area contributed by atoms with Crippen LogP contribution in [0, 0.1) is 5.82 Å². The van der Waals surface area contributed by atoms with Crippen LogP contribution in [0.3, 0.4) is 0 Å². The van der Waals surface area contributed by atoms with E-state index in [9.17, 15) is 9.18 Å². The number of nitrogens with one attached hydrogen (secondary N) is 1. The number of hydrogen-bond donors (Lipinski definition) is 1. The predicted molar refractivity (Wildman–Crippen MR) is 92.5 cm³/mol. The van der Waals surface area contributed by atoms with Crippen LogP contribution in [-0.2, 0) is 0 Å². The molecule has 3 rings (SSSR count). The fourth-order valence-corrected chi connectivity index (χ4v) is 2.95. The van der Waals surface area contributed by atoms with E-state index in [1.807, 2.05) is 30.3 Å². The number of carbonyl (C=O) groups is 1. The standard InChI is InChI=1S/C18H16FN3OS/c19-15-10-8-13(9-11-15)16(23)7-4-12-24-18-20-17(21-22-18)14-5-2-1-3-6-14/h1-3,5-6,8-11H,4,7,12H2,(H,20,21,22). The highest BCUT2D eigenvalue weighted by Crippen LogP contribution is 2.20. The molecule has 0 saturated heterocycles. The van der Waals surface area contributed by atoms with Gasteiger partial charge in [0.2, 0.25) is 5.16 Å². The first-order chi connectivity index (χ1) is 11.7. The number of carbonyl (C=O) groups excluding carboxylic acids is 1. The monoisotopic (exact) mass is 341 g/mol. The number of thioether (sulfide) groups is 1. The summed E-state index contributed by atoms with van der Waals surface area (Å²) >= 11 is 1.51. The lowest BCUT2D eigenvalue weighted by Crippen LogP contribution is -1.99. The van der Waals surface area contributed by atoms with Crippen molar-refractivity contribution in [3.8, 4) is 11.4 Å². The number of rotatable bonds is 7. The minimum absolute atomic E-state index is 0.0237. The Balaban J connectivity index is 1.46. The van der Waals surface area contributed by atoms with Crippen molar-refractivity contribution >= 4 is 17.5 Å². The number of benzene rings is 2. The Morgan fingerprint density at radius 3 is 2.58 bits per heavy atom. The van der Waals surface area contributed by atoms with Gasteiger partial charge in [0.25, 0.3) is 0 Å². The maximum Gasteiger partial charge on any atom is 0.208 e. The van der Waals surface area contributed by atoms with Crippen molar-refractivity contribution < 1.29 is 9.18 Å². The molecule has 1 aromatic heterocycles. The normalized spacial score (nSPS) is 10.7. The minimum atomic E-state index is -0.332. The fraction of sp³-hybridized carbons (Fsp3) is 0.167. The van der Waals surface area contributed by atoms with Crippen LogP contribution in [0.5, 0.6) is 0 Å². The molecule has 0 unspecified atom stereocenters. The van der Waals surface area contributed by atoms with Gasteiger partial charge in [-0.25, -0.2) is 9.37 Å². The van der Waals surface area contributed by atoms with Crippen LogP contribution < -0.4 is 0 Å². The van der Waals surface area contributed by atoms with Crippen molar-refractivity contribution in [3.63, 3.8) is 0 Å². The third kappa shape index (κ3) is 4.29. The molecule has 0 radical (unpaired) electrons. The number of aromatic nitrogens is 3. The smallest absolute Gasteiger partial charge is 0.208 e. The maximum atomic E-state index is 12.8. The number of aromatic amines is 1. The van der Waals surface area contributed by atoms with Crippen molar-refractivity contribution in [2.24, 2.45) is 0 Å². The molecule has 1 heterocycles. The zero-order valence-corrected chi connectivity index (χ0v) is 13.7. The zero-order valence-electron chi connectivity index (χ0n) is 12.9. The molecule has 0 aliphatic rings. The molecule has 2 aromatic carbocycles. The summed E-state index contributed by atoms with van der Waals surface area (Å²) in [6.07, 6.45) is 1.14. The van der Waals surface area contributed by atoms with Gasteiger partial charge in [-0.1, -0.05) is 42.1 Å². The van der Waals surface area contributed by atoms with Crippen LogP contribution in [0.4, 0.5) is 4.39 Å². The van der Waals surface area contributed by atoms with E-state index in [-0.39, 0.29) is 11.6 Å². The van der Waals surface area contributed by atoms with E-state index in [1.165, 1.54) is 36.0 Å². The summed E-state index contributed by atoms with van der Waals surface area (Å²) in [5, 5.41) is 7.77. The van der Waals surface area contributed by atoms with Crippen LogP contribution in [0.25, 0.3) is 11.4 Å². The molecule has 0 aliphatic heterocycles. The van der Waals surface area contributed by atoms with Crippen LogP contribution >= 0.6 is 11.8 Å². The Labute approximate surface area is 143 Å². The number of Topliss-reactive ketones (excluding diaryl/α,β-unsaturated/α-hetero) is 1. The van der Waals surface area contributed by atoms with Crippen molar-refractivity contribution in [1.29, 1.82) is 0 Å². The van der Waals surface area contributed by atoms with Gasteiger partial charge in [0, 0.05) is 23.3 Å². The third-order valence-corrected chi connectivity index (χ3v) is 4.39. The molecule has 0 amide bonds. The van der Waals surface area contributed by atoms with Gasteiger partial charge >= 0.3 is 0 Å². The number of H-pyrrole nitrogens is 1. The lowest BCUT2D eigenvalue weighted by Gasteiger charge is -2.00. The Bertz CT molecular complexity index is 803. The van der Waals surface area contributed by atoms with E-state index in [4.69, 9.17) is 0 Å². The van der Waals surface area contributed by atoms with Crippen LogP contribution in [0.1, 0.15) is 23.2 Å². The number of hydrogen-bond acceptors (Lipinski definition) is 4. The second-order valence-electron chi connectivity index (χ2n) is 5.21. The average molecular weight is 341 g/mol. The Hall–Kier alpha value is -2.47. The highest BCUT2D eigenvalue weighted by molar-refractivity contribution is 7.99. The minimum Gasteiger partial charge on any atom is -0.294 e. The van der Waals surface area contributed by atoms with Gasteiger partial charge in [-0.2, -0.15) is 0 Å². The van der Waals surface area contributed by atoms with Gasteiger partial charge in [-0.05, 0) is 30.7 Å². The van der Waals surface area contributed by atoms with E-state index in [1.54, 1.807) is 0 Å². The Kier molecular flexibility index (Phi) is 5.38. The highest BCUT2D eigenvalue weighted by atomic mass is 32.2. The van der Waals surface area contributed by atoms with E-state index < -0.39 is 0 Å². The number of ketones is 1. The van der Waals surface area contributed by atoms with Gasteiger partial charge in [0.05, 0.1) is 0 Å². The second-order valence-corrected chi connectivity index (χ2v) is 6.28. The van der Waals surface area contributed by atoms with E-state index in [2.05, 4.69) is 15.2 Å². The molecule has 4 nitrogen and oxygen atoms in total. The van der Waals surface area contributed by atoms with Crippen LogP contribution in [-0.4, -0.2) is 26.7 Å². The van der Waals surface area contributed by atoms with Gasteiger partial charge in [0.15, 0.2) is 11.6 Å². The van der Waals surface area contributed by atoms with Crippen molar-refractivity contribution in [2.45, 2.75) is 18.0 Å². The van der Waals surface area contributed by atoms with E-state index >= 15 is 0 Å². The van der Waals surface area contributed by atoms with Gasteiger partial charge in [-0.15, -0.1) is 5.10 Å². The molecule has 6 heteroatoms. The molecule has 122 valence electrons. The Morgan fingerprint density at radius 1 is 1.08 bits per heavy atom. The molecule has 0 bridgehead atoms. The first kappa shape index (κ1) is 16.4. The molecule has 0 fully saturated rings. The van der Waals surface area contributed by atoms with Crippen molar-refractivity contribution in [2.75, 3.05) is 5.75 Å². The van der Waals surface area contributed by atoms with Crippen LogP contribution in [0.2, 0.25) is 0 Å². The fourth-order valence-electron chi connectivity index (χ4n) is 2.21. The molecule has 3 aromatic rings. The van der Waals surface area contributed by atoms with Gasteiger partial charge < -0.3 is 0 Å². The predicted octanol–water partition coefficient (Wildman–Crippen LogP) is 4.37. The quantitative estimate of drug-likeness (QED) is 0.394. The zero-order chi connectivity index (χ0) is 16.8. The third-order valence-electron chi connectivity index (χ3n) is 3.46.